The normalized spacial score (nSPS) is 22.2. The Kier molecular flexibility index (Phi) is 42.0. The molecule has 1 aliphatic rings. The number of carboxylic acids is 4. The number of ether oxygens (including phenoxy) is 2. The molecule has 0 bridgehead atoms. The van der Waals surface area contributed by atoms with Crippen molar-refractivity contribution in [2.24, 2.45) is 35.0 Å². The average Bonchev–Trinajstić information content (AvgIpc) is 1.61. The van der Waals surface area contributed by atoms with E-state index in [2.05, 4.69) is 77.3 Å². The number of aliphatic hydroxyl groups is 1. The number of para-hydroxylation sites is 1. The lowest BCUT2D eigenvalue weighted by molar-refractivity contribution is -0.159. The van der Waals surface area contributed by atoms with Crippen LogP contribution in [-0.4, -0.2) is 273 Å². The molecule has 43 heteroatoms. The van der Waals surface area contributed by atoms with Crippen LogP contribution in [0.4, 0.5) is 0 Å². The third kappa shape index (κ3) is 33.2. The molecule has 2 aromatic rings. The number of benzene rings is 1. The number of fused-ring (bicyclic) bond motifs is 1. The maximum atomic E-state index is 15.0. The summed E-state index contributed by atoms with van der Waals surface area (Å²) in [5.41, 5.74) is 18.0. The summed E-state index contributed by atoms with van der Waals surface area (Å²) in [6.45, 7) is 8.06. The number of carbonyl (C=O) groups excluding carboxylic acids is 15. The van der Waals surface area contributed by atoms with Crippen LogP contribution >= 0.6 is 0 Å². The maximum Gasteiger partial charge on any atom is 0.335 e. The van der Waals surface area contributed by atoms with Gasteiger partial charge in [0.1, 0.15) is 66.5 Å². The number of carbonyl (C=O) groups is 19. The van der Waals surface area contributed by atoms with Gasteiger partial charge in [-0.05, 0) is 94.8 Å². The molecule has 1 aliphatic heterocycles. The standard InChI is InChI=1S/C73H113N17O26/c1-10-36(4)20-14-12-11-13-19-27-77-45(29-40-32-78-42-22-16-15-21-41(40)42)65(105)83-44(24-25-51(94)95)64(104)88-57(59(100)61(76)101)70(110)87-56-39(7)116-73(114)54(35(2)3)85-69(109)55(37(5)28-52(96)97)86-67(107)46(30-48(75)91)81-49(92)33-79-68(108)58(60(115-9)72(112)113)89-63(103)43(23-17-18-26-74)82-66(106)47(31-53(98)99)84-62(102)38(6)80-50(93)34-90(8)71(56)111/h15-16,21-22,32,35-39,43-47,54-60,77-78,100H,10-14,17-20,23-31,33-34,74H2,1-9H3,(H2,75,91)(H2,76,101)(H,79,108)(H,80,93)(H,81,92)(H,82,106)(H,83,105)(H,84,102)(H,85,109)(H,86,107)(H,87,110)(H,88,104)(H,89,103)(H,94,95)(H,96,97)(H,98,99)(H,112,113). The van der Waals surface area contributed by atoms with Crippen LogP contribution in [0.25, 0.3) is 10.9 Å². The second-order valence-corrected chi connectivity index (χ2v) is 28.9. The molecule has 16 atom stereocenters. The third-order valence-corrected chi connectivity index (χ3v) is 19.0. The Morgan fingerprint density at radius 2 is 1.25 bits per heavy atom. The molecule has 1 fully saturated rings. The summed E-state index contributed by atoms with van der Waals surface area (Å²) in [6.07, 6.45) is -3.80. The number of nitrogens with one attached hydrogen (secondary N) is 13. The summed E-state index contributed by atoms with van der Waals surface area (Å²) in [4.78, 5) is 264. The van der Waals surface area contributed by atoms with Gasteiger partial charge in [-0.3, -0.25) is 81.5 Å². The van der Waals surface area contributed by atoms with Gasteiger partial charge in [-0.25, -0.2) is 9.59 Å². The second kappa shape index (κ2) is 49.3. The first-order valence-corrected chi connectivity index (χ1v) is 38.0. The number of rotatable bonds is 38. The molecule has 116 heavy (non-hydrogen) atoms. The highest BCUT2D eigenvalue weighted by atomic mass is 16.5. The van der Waals surface area contributed by atoms with E-state index >= 15 is 0 Å². The smallest absolute Gasteiger partial charge is 0.335 e. The number of H-pyrrole nitrogens is 1. The Hall–Kier alpha value is -11.5. The Bertz CT molecular complexity index is 3800. The summed E-state index contributed by atoms with van der Waals surface area (Å²) in [5, 5.41) is 79.2. The molecule has 0 radical (unpaired) electrons. The molecule has 0 saturated carbocycles. The summed E-state index contributed by atoms with van der Waals surface area (Å²) in [6, 6.07) is -14.8. The Labute approximate surface area is 668 Å². The van der Waals surface area contributed by atoms with Crippen molar-refractivity contribution in [2.75, 3.05) is 40.3 Å². The fourth-order valence-electron chi connectivity index (χ4n) is 12.2. The molecule has 14 amide bonds. The minimum atomic E-state index is -2.76. The van der Waals surface area contributed by atoms with Gasteiger partial charge in [0.2, 0.25) is 82.7 Å². The number of likely N-dealkylation sites (N-methyl/N-ethyl adjacent to an activating group) is 1. The number of aromatic nitrogens is 1. The van der Waals surface area contributed by atoms with E-state index in [0.717, 1.165) is 84.4 Å². The van der Waals surface area contributed by atoms with E-state index in [-0.39, 0.29) is 32.2 Å². The Morgan fingerprint density at radius 3 is 1.85 bits per heavy atom. The molecule has 16 unspecified atom stereocenters. The predicted octanol–water partition coefficient (Wildman–Crippen LogP) is -5.50. The van der Waals surface area contributed by atoms with Crippen LogP contribution in [0.3, 0.4) is 0 Å². The van der Waals surface area contributed by atoms with Crippen LogP contribution in [0.15, 0.2) is 30.5 Å². The Morgan fingerprint density at radius 1 is 0.647 bits per heavy atom. The molecule has 0 spiro atoms. The van der Waals surface area contributed by atoms with Gasteiger partial charge in [-0.15, -0.1) is 0 Å². The summed E-state index contributed by atoms with van der Waals surface area (Å²) in [5.74, 6) is -29.3. The molecule has 1 aromatic heterocycles. The highest BCUT2D eigenvalue weighted by Crippen LogP contribution is 2.22. The van der Waals surface area contributed by atoms with E-state index in [1.165, 1.54) is 13.8 Å². The number of methoxy groups -OCH3 is 1. The van der Waals surface area contributed by atoms with E-state index in [1.54, 1.807) is 18.3 Å². The number of aliphatic hydroxyl groups excluding tert-OH is 1. The number of nitrogens with zero attached hydrogens (tertiary/aromatic N) is 1. The summed E-state index contributed by atoms with van der Waals surface area (Å²) in [7, 11) is 1.72. The average molecular weight is 1640 g/mol. The molecule has 1 saturated heterocycles. The molecule has 24 N–H and O–H groups in total. The number of carboxylic acid groups (broad SMARTS) is 4. The maximum absolute atomic E-state index is 15.0. The van der Waals surface area contributed by atoms with Crippen molar-refractivity contribution in [2.45, 2.75) is 236 Å². The number of aliphatic carboxylic acids is 4. The van der Waals surface area contributed by atoms with Crippen LogP contribution in [0.5, 0.6) is 0 Å². The fourth-order valence-corrected chi connectivity index (χ4v) is 12.2. The van der Waals surface area contributed by atoms with E-state index in [1.807, 2.05) is 17.4 Å². The number of aromatic amines is 1. The third-order valence-electron chi connectivity index (χ3n) is 19.0. The van der Waals surface area contributed by atoms with Crippen molar-refractivity contribution >= 4 is 123 Å². The first-order valence-electron chi connectivity index (χ1n) is 38.0. The highest BCUT2D eigenvalue weighted by molar-refractivity contribution is 6.02. The van der Waals surface area contributed by atoms with Gasteiger partial charge in [0, 0.05) is 37.7 Å². The largest absolute Gasteiger partial charge is 0.481 e. The lowest BCUT2D eigenvalue weighted by Gasteiger charge is -2.32. The number of hydrogen-bond donors (Lipinski definition) is 21. The van der Waals surface area contributed by atoms with Gasteiger partial charge in [0.05, 0.1) is 38.4 Å². The highest BCUT2D eigenvalue weighted by Gasteiger charge is 2.44. The van der Waals surface area contributed by atoms with Crippen molar-refractivity contribution in [1.29, 1.82) is 0 Å². The topological polar surface area (TPSA) is 685 Å². The predicted molar refractivity (Wildman–Crippen MR) is 408 cm³/mol. The summed E-state index contributed by atoms with van der Waals surface area (Å²) < 4.78 is 10.7. The molecule has 3 rings (SSSR count). The SMILES string of the molecule is CCC(C)CCCCCCCNC(Cc1c[nH]c2ccccc12)C(=O)NC(CCC(=O)O)C(=O)NC(C(=O)NC1C(=O)N(C)CC(=O)NC(C)C(=O)NC(CC(=O)O)C(=O)NC(CCCCN)C(=O)NC(C(OC)C(=O)O)C(=O)NCC(=O)NC(CC(N)=O)C(=O)NC(C(C)CC(=O)O)C(=O)NC(C(C)C)C(=O)OC1C)C(O)C(N)=O. The monoisotopic (exact) mass is 1640 g/mol. The first-order chi connectivity index (χ1) is 54.5. The van der Waals surface area contributed by atoms with Gasteiger partial charge in [-0.1, -0.05) is 91.3 Å². The number of esters is 1. The molecular formula is C73H113N17O26. The van der Waals surface area contributed by atoms with E-state index in [0.29, 0.717) is 29.3 Å². The van der Waals surface area contributed by atoms with Crippen LogP contribution < -0.4 is 81.0 Å². The van der Waals surface area contributed by atoms with Crippen molar-refractivity contribution in [3.8, 4) is 0 Å². The first kappa shape index (κ1) is 98.7. The van der Waals surface area contributed by atoms with Crippen LogP contribution in [-0.2, 0) is 107 Å². The Balaban J connectivity index is 2.26. The minimum absolute atomic E-state index is 0.0120. The lowest BCUT2D eigenvalue weighted by atomic mass is 9.95. The molecule has 646 valence electrons. The van der Waals surface area contributed by atoms with E-state index in [4.69, 9.17) is 26.7 Å². The number of amides is 14. The molecule has 1 aromatic carbocycles. The zero-order chi connectivity index (χ0) is 87.4. The van der Waals surface area contributed by atoms with Gasteiger partial charge in [0.25, 0.3) is 0 Å². The number of primary amides is 2. The lowest BCUT2D eigenvalue weighted by Crippen LogP contribution is -2.64. The molecular weight excluding hydrogens is 1530 g/mol. The molecule has 2 heterocycles. The van der Waals surface area contributed by atoms with E-state index < -0.39 is 254 Å². The van der Waals surface area contributed by atoms with Gasteiger partial charge in [-0.2, -0.15) is 0 Å². The molecule has 0 aliphatic carbocycles. The van der Waals surface area contributed by atoms with Crippen molar-refractivity contribution in [3.05, 3.63) is 36.0 Å². The van der Waals surface area contributed by atoms with Crippen molar-refractivity contribution in [3.63, 3.8) is 0 Å². The number of hydrogen-bond acceptors (Lipinski definition) is 24. The van der Waals surface area contributed by atoms with Crippen molar-refractivity contribution in [1.82, 2.24) is 73.7 Å². The second-order valence-electron chi connectivity index (χ2n) is 28.9. The van der Waals surface area contributed by atoms with Crippen LogP contribution in [0.1, 0.15) is 150 Å². The quantitative estimate of drug-likeness (QED) is 0.0220. The van der Waals surface area contributed by atoms with Crippen LogP contribution in [0.2, 0.25) is 0 Å². The van der Waals surface area contributed by atoms with Gasteiger partial charge >= 0.3 is 29.8 Å². The number of cyclic esters (lactones) is 1. The molecule has 43 nitrogen and oxygen atoms in total. The van der Waals surface area contributed by atoms with Crippen LogP contribution in [0, 0.1) is 17.8 Å². The van der Waals surface area contributed by atoms with Crippen molar-refractivity contribution < 1.29 is 126 Å². The van der Waals surface area contributed by atoms with Gasteiger partial charge < -0.3 is 126 Å². The number of unbranched alkanes of at least 4 members (excludes halogenated alkanes) is 5. The van der Waals surface area contributed by atoms with E-state index in [9.17, 15) is 117 Å². The summed E-state index contributed by atoms with van der Waals surface area (Å²) >= 11 is 0. The zero-order valence-corrected chi connectivity index (χ0v) is 66.3. The fraction of sp³-hybridized carbons (Fsp3) is 0.630. The van der Waals surface area contributed by atoms with Gasteiger partial charge in [0.15, 0.2) is 12.2 Å². The number of nitrogens with two attached hydrogens (primary N) is 3. The zero-order valence-electron chi connectivity index (χ0n) is 66.3. The minimum Gasteiger partial charge on any atom is -0.481 e.